The zero-order valence-electron chi connectivity index (χ0n) is 19.2. The van der Waals surface area contributed by atoms with E-state index >= 15 is 0 Å². The van der Waals surface area contributed by atoms with Crippen LogP contribution in [0.3, 0.4) is 0 Å². The molecule has 0 spiro atoms. The average Bonchev–Trinajstić information content (AvgIpc) is 2.73. The topological polar surface area (TPSA) is 114 Å². The minimum Gasteiger partial charge on any atom is -0.481 e. The number of hydrogen-bond acceptors (Lipinski definition) is 5. The number of aryl methyl sites for hydroxylation is 2. The Bertz CT molecular complexity index is 1070. The van der Waals surface area contributed by atoms with Crippen molar-refractivity contribution in [2.75, 3.05) is 0 Å². The third-order valence-corrected chi connectivity index (χ3v) is 6.56. The summed E-state index contributed by atoms with van der Waals surface area (Å²) in [5.41, 5.74) is 7.47. The van der Waals surface area contributed by atoms with E-state index in [1.807, 2.05) is 32.9 Å². The Kier molecular flexibility index (Phi) is 8.40. The van der Waals surface area contributed by atoms with E-state index in [1.165, 1.54) is 12.1 Å². The van der Waals surface area contributed by atoms with Crippen molar-refractivity contribution in [1.82, 2.24) is 15.6 Å². The Balaban J connectivity index is 2.01. The summed E-state index contributed by atoms with van der Waals surface area (Å²) in [4.78, 5) is 25.1. The lowest BCUT2D eigenvalue weighted by atomic mass is 10.1. The van der Waals surface area contributed by atoms with Gasteiger partial charge in [0, 0.05) is 0 Å². The highest BCUT2D eigenvalue weighted by Crippen LogP contribution is 2.21. The summed E-state index contributed by atoms with van der Waals surface area (Å²) < 4.78 is 33.5. The second-order valence-corrected chi connectivity index (χ2v) is 9.81. The highest BCUT2D eigenvalue weighted by molar-refractivity contribution is 7.89. The first-order valence-corrected chi connectivity index (χ1v) is 11.8. The number of amides is 2. The number of sulfonamides is 1. The third-order valence-electron chi connectivity index (χ3n) is 5.10. The molecule has 0 radical (unpaired) electrons. The summed E-state index contributed by atoms with van der Waals surface area (Å²) in [5, 5.41) is 0. The molecule has 0 aliphatic rings. The maximum atomic E-state index is 12.7. The molecule has 2 amide bonds. The van der Waals surface area contributed by atoms with Crippen molar-refractivity contribution >= 4 is 21.8 Å². The van der Waals surface area contributed by atoms with Crippen molar-refractivity contribution in [3.05, 3.63) is 59.2 Å². The van der Waals surface area contributed by atoms with Crippen LogP contribution in [0, 0.1) is 26.7 Å². The molecule has 2 aromatic carbocycles. The van der Waals surface area contributed by atoms with Crippen molar-refractivity contribution in [2.45, 2.75) is 58.6 Å². The van der Waals surface area contributed by atoms with Gasteiger partial charge >= 0.3 is 0 Å². The first kappa shape index (κ1) is 25.4. The van der Waals surface area contributed by atoms with Crippen molar-refractivity contribution in [1.29, 1.82) is 0 Å². The van der Waals surface area contributed by atoms with Crippen LogP contribution in [-0.4, -0.2) is 32.4 Å². The lowest BCUT2D eigenvalue weighted by Gasteiger charge is -2.23. The SMILES string of the molecule is Cc1ccc(S(=O)(=O)N[C@H](C(=O)NNC(=O)C(C)Oc2cccc(C)c2C)C(C)C)cc1. The van der Waals surface area contributed by atoms with E-state index in [9.17, 15) is 18.0 Å². The van der Waals surface area contributed by atoms with Gasteiger partial charge in [0.1, 0.15) is 11.8 Å². The molecule has 3 N–H and O–H groups in total. The molecule has 0 heterocycles. The number of benzene rings is 2. The van der Waals surface area contributed by atoms with Crippen LogP contribution < -0.4 is 20.3 Å². The van der Waals surface area contributed by atoms with E-state index in [0.717, 1.165) is 16.7 Å². The van der Waals surface area contributed by atoms with Gasteiger partial charge in [0.15, 0.2) is 6.10 Å². The predicted octanol–water partition coefficient (Wildman–Crippen LogP) is 2.53. The van der Waals surface area contributed by atoms with Gasteiger partial charge in [-0.2, -0.15) is 4.72 Å². The zero-order valence-corrected chi connectivity index (χ0v) is 20.0. The average molecular weight is 462 g/mol. The number of hydrazine groups is 1. The molecule has 32 heavy (non-hydrogen) atoms. The van der Waals surface area contributed by atoms with Crippen molar-refractivity contribution in [3.8, 4) is 5.75 Å². The number of rotatable bonds is 8. The fraction of sp³-hybridized carbons (Fsp3) is 0.391. The Labute approximate surface area is 189 Å². The van der Waals surface area contributed by atoms with Gasteiger partial charge in [-0.15, -0.1) is 0 Å². The first-order chi connectivity index (χ1) is 14.9. The number of ether oxygens (including phenoxy) is 1. The van der Waals surface area contributed by atoms with E-state index in [2.05, 4.69) is 15.6 Å². The molecule has 0 bridgehead atoms. The Hall–Kier alpha value is -2.91. The molecule has 0 saturated heterocycles. The summed E-state index contributed by atoms with van der Waals surface area (Å²) >= 11 is 0. The second-order valence-electron chi connectivity index (χ2n) is 8.09. The fourth-order valence-corrected chi connectivity index (χ4v) is 4.19. The molecule has 2 aromatic rings. The van der Waals surface area contributed by atoms with Crippen LogP contribution in [0.25, 0.3) is 0 Å². The van der Waals surface area contributed by atoms with Crippen LogP contribution in [0.1, 0.15) is 37.5 Å². The molecule has 0 fully saturated rings. The standard InChI is InChI=1S/C23H31N3O5S/c1-14(2)21(26-32(29,30)19-12-10-15(3)11-13-19)23(28)25-24-22(27)18(6)31-20-9-7-8-16(4)17(20)5/h7-14,18,21,26H,1-6H3,(H,24,27)(H,25,28)/t18?,21-/m0/s1. The number of hydrogen-bond donors (Lipinski definition) is 3. The summed E-state index contributed by atoms with van der Waals surface area (Å²) in [6, 6.07) is 10.7. The summed E-state index contributed by atoms with van der Waals surface area (Å²) in [7, 11) is -3.92. The van der Waals surface area contributed by atoms with Crippen molar-refractivity contribution in [3.63, 3.8) is 0 Å². The monoisotopic (exact) mass is 461 g/mol. The molecule has 8 nitrogen and oxygen atoms in total. The van der Waals surface area contributed by atoms with Gasteiger partial charge in [-0.3, -0.25) is 20.4 Å². The first-order valence-electron chi connectivity index (χ1n) is 10.3. The van der Waals surface area contributed by atoms with E-state index in [-0.39, 0.29) is 10.8 Å². The molecule has 0 aliphatic carbocycles. The molecular weight excluding hydrogens is 430 g/mol. The molecule has 2 atom stereocenters. The van der Waals surface area contributed by atoms with Gasteiger partial charge in [-0.25, -0.2) is 8.42 Å². The molecule has 0 saturated carbocycles. The predicted molar refractivity (Wildman–Crippen MR) is 122 cm³/mol. The Morgan fingerprint density at radius 1 is 0.875 bits per heavy atom. The van der Waals surface area contributed by atoms with E-state index in [1.54, 1.807) is 39.0 Å². The van der Waals surface area contributed by atoms with Gasteiger partial charge in [0.2, 0.25) is 10.0 Å². The van der Waals surface area contributed by atoms with Crippen LogP contribution in [-0.2, 0) is 19.6 Å². The van der Waals surface area contributed by atoms with E-state index < -0.39 is 34.0 Å². The van der Waals surface area contributed by atoms with Gasteiger partial charge in [-0.1, -0.05) is 43.7 Å². The maximum absolute atomic E-state index is 12.7. The lowest BCUT2D eigenvalue weighted by Crippen LogP contribution is -2.55. The van der Waals surface area contributed by atoms with E-state index in [4.69, 9.17) is 4.74 Å². The molecule has 0 aromatic heterocycles. The van der Waals surface area contributed by atoms with Crippen LogP contribution >= 0.6 is 0 Å². The molecular formula is C23H31N3O5S. The van der Waals surface area contributed by atoms with Crippen LogP contribution in [0.15, 0.2) is 47.4 Å². The smallest absolute Gasteiger partial charge is 0.279 e. The fourth-order valence-electron chi connectivity index (χ4n) is 2.84. The van der Waals surface area contributed by atoms with Crippen molar-refractivity contribution < 1.29 is 22.7 Å². The van der Waals surface area contributed by atoms with Crippen molar-refractivity contribution in [2.24, 2.45) is 5.92 Å². The largest absolute Gasteiger partial charge is 0.481 e. The van der Waals surface area contributed by atoms with Crippen LogP contribution in [0.4, 0.5) is 0 Å². The molecule has 1 unspecified atom stereocenters. The molecule has 0 aliphatic heterocycles. The van der Waals surface area contributed by atoms with Gasteiger partial charge in [0.05, 0.1) is 4.90 Å². The Morgan fingerprint density at radius 3 is 2.06 bits per heavy atom. The summed E-state index contributed by atoms with van der Waals surface area (Å²) in [6.45, 7) is 10.7. The minimum absolute atomic E-state index is 0.0566. The summed E-state index contributed by atoms with van der Waals surface area (Å²) in [6.07, 6.45) is -0.877. The molecule has 9 heteroatoms. The highest BCUT2D eigenvalue weighted by atomic mass is 32.2. The highest BCUT2D eigenvalue weighted by Gasteiger charge is 2.29. The normalized spacial score (nSPS) is 13.3. The summed E-state index contributed by atoms with van der Waals surface area (Å²) in [5.74, 6) is -1.04. The molecule has 2 rings (SSSR count). The Morgan fingerprint density at radius 2 is 1.47 bits per heavy atom. The maximum Gasteiger partial charge on any atom is 0.279 e. The van der Waals surface area contributed by atoms with Crippen LogP contribution in [0.2, 0.25) is 0 Å². The van der Waals surface area contributed by atoms with E-state index in [0.29, 0.717) is 5.75 Å². The molecule has 174 valence electrons. The second kappa shape index (κ2) is 10.6. The van der Waals surface area contributed by atoms with Crippen LogP contribution in [0.5, 0.6) is 5.75 Å². The van der Waals surface area contributed by atoms with Gasteiger partial charge in [0.25, 0.3) is 11.8 Å². The number of carbonyl (C=O) groups is 2. The number of nitrogens with one attached hydrogen (secondary N) is 3. The van der Waals surface area contributed by atoms with Gasteiger partial charge in [-0.05, 0) is 62.9 Å². The quantitative estimate of drug-likeness (QED) is 0.523. The minimum atomic E-state index is -3.92. The number of carbonyl (C=O) groups excluding carboxylic acids is 2. The zero-order chi connectivity index (χ0) is 24.1. The third kappa shape index (κ3) is 6.54. The van der Waals surface area contributed by atoms with Gasteiger partial charge < -0.3 is 4.74 Å². The lowest BCUT2D eigenvalue weighted by molar-refractivity contribution is -0.133.